The molecule has 0 aromatic heterocycles. The smallest absolute Gasteiger partial charge is 0.240 e. The van der Waals surface area contributed by atoms with Gasteiger partial charge in [0.2, 0.25) is 10.0 Å². The van der Waals surface area contributed by atoms with Gasteiger partial charge in [0.05, 0.1) is 4.90 Å². The summed E-state index contributed by atoms with van der Waals surface area (Å²) in [7, 11) is -3.64. The molecular formula is C28H27FN2O2S. The molecule has 0 saturated carbocycles. The number of fused-ring (bicyclic) bond motifs is 1. The second kappa shape index (κ2) is 9.41. The van der Waals surface area contributed by atoms with E-state index >= 15 is 0 Å². The summed E-state index contributed by atoms with van der Waals surface area (Å²) in [6, 6.07) is 31.0. The minimum absolute atomic E-state index is 0. The summed E-state index contributed by atoms with van der Waals surface area (Å²) in [5, 5.41) is 0. The van der Waals surface area contributed by atoms with E-state index in [0.29, 0.717) is 19.5 Å². The first kappa shape index (κ1) is 22.3. The van der Waals surface area contributed by atoms with Gasteiger partial charge in [0, 0.05) is 26.2 Å². The van der Waals surface area contributed by atoms with Crippen LogP contribution in [0.25, 0.3) is 11.1 Å². The minimum atomic E-state index is -3.64. The number of nitrogens with zero attached hydrogens (tertiary/aromatic N) is 1. The Morgan fingerprint density at radius 3 is 2.21 bits per heavy atom. The maximum absolute atomic E-state index is 13.4. The Kier molecular flexibility index (Phi) is 6.18. The van der Waals surface area contributed by atoms with Gasteiger partial charge in [0.25, 0.3) is 0 Å². The van der Waals surface area contributed by atoms with Gasteiger partial charge in [-0.2, -0.15) is 0 Å². The summed E-state index contributed by atoms with van der Waals surface area (Å²) in [6.07, 6.45) is 0.571. The lowest BCUT2D eigenvalue weighted by atomic mass is 9.94. The number of anilines is 1. The van der Waals surface area contributed by atoms with Crippen molar-refractivity contribution in [2.75, 3.05) is 11.4 Å². The maximum atomic E-state index is 13.4. The van der Waals surface area contributed by atoms with Crippen LogP contribution in [0.15, 0.2) is 108 Å². The largest absolute Gasteiger partial charge is 0.365 e. The van der Waals surface area contributed by atoms with Gasteiger partial charge in [-0.25, -0.2) is 17.5 Å². The number of rotatable bonds is 6. The Morgan fingerprint density at radius 1 is 0.853 bits per heavy atom. The fourth-order valence-corrected chi connectivity index (χ4v) is 5.74. The highest BCUT2D eigenvalue weighted by atomic mass is 32.2. The van der Waals surface area contributed by atoms with Crippen LogP contribution in [0, 0.1) is 5.82 Å². The zero-order chi connectivity index (χ0) is 23.5. The van der Waals surface area contributed by atoms with E-state index in [0.717, 1.165) is 27.9 Å². The van der Waals surface area contributed by atoms with Gasteiger partial charge < -0.3 is 4.90 Å². The van der Waals surface area contributed by atoms with Gasteiger partial charge in [-0.3, -0.25) is 0 Å². The van der Waals surface area contributed by atoms with Crippen LogP contribution in [0.4, 0.5) is 10.1 Å². The minimum Gasteiger partial charge on any atom is -0.365 e. The first-order valence-corrected chi connectivity index (χ1v) is 12.7. The Hall–Kier alpha value is -3.48. The van der Waals surface area contributed by atoms with Gasteiger partial charge in [-0.1, -0.05) is 66.7 Å². The van der Waals surface area contributed by atoms with Gasteiger partial charge in [-0.05, 0) is 65.1 Å². The van der Waals surface area contributed by atoms with E-state index in [9.17, 15) is 12.8 Å². The number of halogens is 1. The van der Waals surface area contributed by atoms with Crippen LogP contribution < -0.4 is 9.62 Å². The maximum Gasteiger partial charge on any atom is 0.240 e. The lowest BCUT2D eigenvalue weighted by Crippen LogP contribution is -2.48. The molecule has 1 atom stereocenters. The van der Waals surface area contributed by atoms with E-state index in [1.165, 1.54) is 12.1 Å². The molecule has 4 aromatic carbocycles. The van der Waals surface area contributed by atoms with Crippen molar-refractivity contribution in [1.29, 1.82) is 0 Å². The summed E-state index contributed by atoms with van der Waals surface area (Å²) in [5.74, 6) is -0.272. The van der Waals surface area contributed by atoms with Crippen molar-refractivity contribution >= 4 is 15.7 Å². The molecule has 1 aliphatic rings. The molecule has 5 rings (SSSR count). The van der Waals surface area contributed by atoms with Crippen LogP contribution in [0.2, 0.25) is 0 Å². The molecule has 6 heteroatoms. The molecule has 1 aliphatic heterocycles. The first-order valence-electron chi connectivity index (χ1n) is 11.2. The monoisotopic (exact) mass is 474 g/mol. The highest BCUT2D eigenvalue weighted by Gasteiger charge is 2.28. The van der Waals surface area contributed by atoms with Gasteiger partial charge in [0.15, 0.2) is 0 Å². The van der Waals surface area contributed by atoms with E-state index in [-0.39, 0.29) is 18.2 Å². The molecule has 0 bridgehead atoms. The fraction of sp³-hybridized carbons (Fsp3) is 0.143. The van der Waals surface area contributed by atoms with Crippen LogP contribution in [0.5, 0.6) is 0 Å². The predicted octanol–water partition coefficient (Wildman–Crippen LogP) is 5.65. The fourth-order valence-electron chi connectivity index (χ4n) is 4.49. The number of sulfonamides is 1. The van der Waals surface area contributed by atoms with Crippen molar-refractivity contribution in [2.24, 2.45) is 0 Å². The summed E-state index contributed by atoms with van der Waals surface area (Å²) in [6.45, 7) is 1.23. The predicted molar refractivity (Wildman–Crippen MR) is 136 cm³/mol. The number of hydrogen-bond donors (Lipinski definition) is 1. The highest BCUT2D eigenvalue weighted by molar-refractivity contribution is 7.89. The Labute approximate surface area is 201 Å². The molecule has 34 heavy (non-hydrogen) atoms. The molecule has 0 radical (unpaired) electrons. The number of benzene rings is 4. The molecule has 1 heterocycles. The lowest BCUT2D eigenvalue weighted by molar-refractivity contribution is 0.524. The SMILES string of the molecule is O=S(=O)(N[C@@H]1Cc2cc(-c3ccc(F)cc3)ccc2N(Cc2ccccc2)C1)c1ccccc1.[HH]. The zero-order valence-corrected chi connectivity index (χ0v) is 19.4. The second-order valence-corrected chi connectivity index (χ2v) is 10.3. The van der Waals surface area contributed by atoms with Crippen LogP contribution in [0.3, 0.4) is 0 Å². The molecule has 4 nitrogen and oxygen atoms in total. The van der Waals surface area contributed by atoms with Crippen molar-refractivity contribution < 1.29 is 14.2 Å². The molecule has 1 N–H and O–H groups in total. The van der Waals surface area contributed by atoms with Gasteiger partial charge in [-0.15, -0.1) is 0 Å². The van der Waals surface area contributed by atoms with Crippen molar-refractivity contribution in [3.63, 3.8) is 0 Å². The number of hydrogen-bond acceptors (Lipinski definition) is 3. The van der Waals surface area contributed by atoms with E-state index in [2.05, 4.69) is 33.9 Å². The first-order chi connectivity index (χ1) is 16.5. The van der Waals surface area contributed by atoms with Crippen molar-refractivity contribution in [2.45, 2.75) is 23.9 Å². The molecule has 174 valence electrons. The summed E-state index contributed by atoms with van der Waals surface area (Å²) < 4.78 is 42.4. The third-order valence-electron chi connectivity index (χ3n) is 6.10. The average Bonchev–Trinajstić information content (AvgIpc) is 2.85. The lowest BCUT2D eigenvalue weighted by Gasteiger charge is -2.37. The summed E-state index contributed by atoms with van der Waals surface area (Å²) >= 11 is 0. The van der Waals surface area contributed by atoms with Gasteiger partial charge >= 0.3 is 0 Å². The molecule has 0 unspecified atom stereocenters. The molecule has 0 fully saturated rings. The molecule has 0 aliphatic carbocycles. The average molecular weight is 475 g/mol. The third kappa shape index (κ3) is 4.88. The standard InChI is InChI=1S/C28H25FN2O2S.H2/c29-25-14-11-22(12-15-25)23-13-16-28-24(17-23)18-26(20-31(28)19-21-7-3-1-4-8-21)30-34(32,33)27-9-5-2-6-10-27;/h1-17,26,30H,18-20H2;1H/t26-;/m1./s1. The number of nitrogens with one attached hydrogen (secondary N) is 1. The van der Waals surface area contributed by atoms with E-state index < -0.39 is 10.0 Å². The molecule has 0 spiro atoms. The van der Waals surface area contributed by atoms with E-state index in [1.807, 2.05) is 24.3 Å². The topological polar surface area (TPSA) is 49.4 Å². The molecular weight excluding hydrogens is 447 g/mol. The summed E-state index contributed by atoms with van der Waals surface area (Å²) in [5.41, 5.74) is 5.20. The zero-order valence-electron chi connectivity index (χ0n) is 18.6. The third-order valence-corrected chi connectivity index (χ3v) is 7.63. The highest BCUT2D eigenvalue weighted by Crippen LogP contribution is 2.33. The van der Waals surface area contributed by atoms with E-state index in [1.54, 1.807) is 42.5 Å². The van der Waals surface area contributed by atoms with Crippen molar-refractivity contribution in [3.05, 3.63) is 120 Å². The van der Waals surface area contributed by atoms with Gasteiger partial charge in [0.1, 0.15) is 5.82 Å². The molecule has 4 aromatic rings. The van der Waals surface area contributed by atoms with Crippen LogP contribution >= 0.6 is 0 Å². The molecule has 0 saturated heterocycles. The molecule has 0 amide bonds. The summed E-state index contributed by atoms with van der Waals surface area (Å²) in [4.78, 5) is 2.48. The van der Waals surface area contributed by atoms with Crippen molar-refractivity contribution in [1.82, 2.24) is 4.72 Å². The quantitative estimate of drug-likeness (QED) is 0.393. The van der Waals surface area contributed by atoms with Crippen LogP contribution in [-0.2, 0) is 23.0 Å². The van der Waals surface area contributed by atoms with Crippen LogP contribution in [-0.4, -0.2) is 21.0 Å². The Balaban J connectivity index is 0.00000289. The van der Waals surface area contributed by atoms with Crippen LogP contribution in [0.1, 0.15) is 12.6 Å². The normalized spacial score (nSPS) is 15.7. The van der Waals surface area contributed by atoms with E-state index in [4.69, 9.17) is 0 Å². The Bertz CT molecular complexity index is 1380. The van der Waals surface area contributed by atoms with Crippen molar-refractivity contribution in [3.8, 4) is 11.1 Å². The Morgan fingerprint density at radius 2 is 1.50 bits per heavy atom. The second-order valence-electron chi connectivity index (χ2n) is 8.55.